The van der Waals surface area contributed by atoms with Crippen molar-refractivity contribution in [3.8, 4) is 0 Å². The summed E-state index contributed by atoms with van der Waals surface area (Å²) in [7, 11) is 0. The van der Waals surface area contributed by atoms with Gasteiger partial charge >= 0.3 is 0 Å². The molecule has 0 radical (unpaired) electrons. The van der Waals surface area contributed by atoms with Crippen molar-refractivity contribution in [2.75, 3.05) is 11.9 Å². The first-order valence-electron chi connectivity index (χ1n) is 6.69. The molecular weight excluding hydrogens is 254 g/mol. The number of hydrogen-bond acceptors (Lipinski definition) is 4. The highest BCUT2D eigenvalue weighted by Crippen LogP contribution is 2.31. The van der Waals surface area contributed by atoms with E-state index in [-0.39, 0.29) is 11.8 Å². The molecule has 0 saturated heterocycles. The first kappa shape index (κ1) is 12.7. The summed E-state index contributed by atoms with van der Waals surface area (Å²) >= 11 is 0. The van der Waals surface area contributed by atoms with Gasteiger partial charge in [-0.3, -0.25) is 4.79 Å². The predicted molar refractivity (Wildman–Crippen MR) is 75.5 cm³/mol. The fourth-order valence-corrected chi connectivity index (χ4v) is 2.57. The molecule has 2 heterocycles. The molecule has 1 aromatic heterocycles. The van der Waals surface area contributed by atoms with Gasteiger partial charge in [-0.25, -0.2) is 0 Å². The van der Waals surface area contributed by atoms with Gasteiger partial charge in [0.05, 0.1) is 11.6 Å². The van der Waals surface area contributed by atoms with E-state index in [4.69, 9.17) is 4.52 Å². The van der Waals surface area contributed by atoms with Crippen LogP contribution in [0.15, 0.2) is 28.8 Å². The van der Waals surface area contributed by atoms with E-state index in [1.54, 1.807) is 0 Å². The van der Waals surface area contributed by atoms with Gasteiger partial charge in [-0.1, -0.05) is 23.4 Å². The number of amides is 1. The summed E-state index contributed by atoms with van der Waals surface area (Å²) in [5, 5.41) is 10.1. The van der Waals surface area contributed by atoms with Crippen molar-refractivity contribution in [3.05, 3.63) is 46.8 Å². The highest BCUT2D eigenvalue weighted by Gasteiger charge is 2.28. The van der Waals surface area contributed by atoms with Gasteiger partial charge in [-0.15, -0.1) is 0 Å². The summed E-state index contributed by atoms with van der Waals surface area (Å²) in [4.78, 5) is 12.3. The molecule has 0 bridgehead atoms. The minimum absolute atomic E-state index is 0.0300. The van der Waals surface area contributed by atoms with Crippen molar-refractivity contribution >= 4 is 11.6 Å². The summed E-state index contributed by atoms with van der Waals surface area (Å²) in [6.07, 6.45) is 0. The van der Waals surface area contributed by atoms with E-state index in [1.807, 2.05) is 38.1 Å². The zero-order valence-electron chi connectivity index (χ0n) is 11.6. The average molecular weight is 271 g/mol. The fraction of sp³-hybridized carbons (Fsp3) is 0.333. The Morgan fingerprint density at radius 1 is 1.45 bits per heavy atom. The number of hydrogen-bond donors (Lipinski definition) is 2. The van der Waals surface area contributed by atoms with Crippen molar-refractivity contribution in [2.45, 2.75) is 26.3 Å². The third-order valence-electron chi connectivity index (χ3n) is 3.77. The minimum Gasteiger partial charge on any atom is -0.384 e. The molecule has 1 amide bonds. The Bertz CT molecular complexity index is 629. The van der Waals surface area contributed by atoms with Crippen LogP contribution in [0.4, 0.5) is 5.69 Å². The SMILES string of the molecule is Cc1noc(C)c1CNC(=O)C1CNc2ccccc21. The Labute approximate surface area is 117 Å². The summed E-state index contributed by atoms with van der Waals surface area (Å²) in [6, 6.07) is 7.92. The van der Waals surface area contributed by atoms with Crippen LogP contribution in [0.1, 0.15) is 28.5 Å². The van der Waals surface area contributed by atoms with E-state index in [0.717, 1.165) is 28.3 Å². The first-order valence-corrected chi connectivity index (χ1v) is 6.69. The second-order valence-corrected chi connectivity index (χ2v) is 5.04. The molecule has 3 rings (SSSR count). The maximum atomic E-state index is 12.3. The lowest BCUT2D eigenvalue weighted by molar-refractivity contribution is -0.122. The Balaban J connectivity index is 1.69. The number of carbonyl (C=O) groups excluding carboxylic acids is 1. The number of benzene rings is 1. The molecule has 0 saturated carbocycles. The molecule has 0 aliphatic carbocycles. The van der Waals surface area contributed by atoms with Crippen LogP contribution in [-0.2, 0) is 11.3 Å². The number of nitrogens with one attached hydrogen (secondary N) is 2. The average Bonchev–Trinajstić information content (AvgIpc) is 3.01. The van der Waals surface area contributed by atoms with Crippen LogP contribution >= 0.6 is 0 Å². The number of carbonyl (C=O) groups is 1. The van der Waals surface area contributed by atoms with Gasteiger partial charge in [0.2, 0.25) is 5.91 Å². The largest absolute Gasteiger partial charge is 0.384 e. The van der Waals surface area contributed by atoms with E-state index in [1.165, 1.54) is 0 Å². The second kappa shape index (κ2) is 5.00. The number of para-hydroxylation sites is 1. The summed E-state index contributed by atoms with van der Waals surface area (Å²) in [5.74, 6) is 0.655. The quantitative estimate of drug-likeness (QED) is 0.897. The zero-order chi connectivity index (χ0) is 14.1. The van der Waals surface area contributed by atoms with Crippen LogP contribution in [0.25, 0.3) is 0 Å². The lowest BCUT2D eigenvalue weighted by Crippen LogP contribution is -2.30. The number of rotatable bonds is 3. The molecule has 104 valence electrons. The normalized spacial score (nSPS) is 16.6. The molecular formula is C15H17N3O2. The third-order valence-corrected chi connectivity index (χ3v) is 3.77. The van der Waals surface area contributed by atoms with E-state index in [2.05, 4.69) is 15.8 Å². The van der Waals surface area contributed by atoms with Crippen LogP contribution in [0.2, 0.25) is 0 Å². The highest BCUT2D eigenvalue weighted by molar-refractivity contribution is 5.88. The van der Waals surface area contributed by atoms with E-state index in [9.17, 15) is 4.79 Å². The van der Waals surface area contributed by atoms with Crippen molar-refractivity contribution in [1.82, 2.24) is 10.5 Å². The molecule has 0 fully saturated rings. The molecule has 0 spiro atoms. The summed E-state index contributed by atoms with van der Waals surface area (Å²) in [6.45, 7) is 4.84. The standard InChI is InChI=1S/C15H17N3O2/c1-9-12(10(2)20-18-9)7-17-15(19)13-8-16-14-6-4-3-5-11(13)14/h3-6,13,16H,7-8H2,1-2H3,(H,17,19). The maximum absolute atomic E-state index is 12.3. The second-order valence-electron chi connectivity index (χ2n) is 5.04. The van der Waals surface area contributed by atoms with Gasteiger partial charge < -0.3 is 15.2 Å². The van der Waals surface area contributed by atoms with Gasteiger partial charge in [0, 0.05) is 24.3 Å². The summed E-state index contributed by atoms with van der Waals surface area (Å²) in [5.41, 5.74) is 3.89. The number of fused-ring (bicyclic) bond motifs is 1. The van der Waals surface area contributed by atoms with Crippen LogP contribution in [0.5, 0.6) is 0 Å². The summed E-state index contributed by atoms with van der Waals surface area (Å²) < 4.78 is 5.10. The number of aromatic nitrogens is 1. The molecule has 5 nitrogen and oxygen atoms in total. The third kappa shape index (κ3) is 2.15. The van der Waals surface area contributed by atoms with E-state index in [0.29, 0.717) is 13.1 Å². The van der Waals surface area contributed by atoms with Crippen molar-refractivity contribution < 1.29 is 9.32 Å². The van der Waals surface area contributed by atoms with Crippen LogP contribution in [0.3, 0.4) is 0 Å². The number of nitrogens with zero attached hydrogens (tertiary/aromatic N) is 1. The van der Waals surface area contributed by atoms with Crippen LogP contribution in [0, 0.1) is 13.8 Å². The molecule has 1 unspecified atom stereocenters. The van der Waals surface area contributed by atoms with Crippen molar-refractivity contribution in [2.24, 2.45) is 0 Å². The minimum atomic E-state index is -0.133. The Morgan fingerprint density at radius 3 is 3.00 bits per heavy atom. The van der Waals surface area contributed by atoms with E-state index >= 15 is 0 Å². The van der Waals surface area contributed by atoms with Crippen LogP contribution < -0.4 is 10.6 Å². The van der Waals surface area contributed by atoms with Gasteiger partial charge in [0.15, 0.2) is 0 Å². The Morgan fingerprint density at radius 2 is 2.25 bits per heavy atom. The molecule has 1 aliphatic rings. The fourth-order valence-electron chi connectivity index (χ4n) is 2.57. The number of aryl methyl sites for hydroxylation is 2. The molecule has 5 heteroatoms. The van der Waals surface area contributed by atoms with Gasteiger partial charge in [0.25, 0.3) is 0 Å². The van der Waals surface area contributed by atoms with Gasteiger partial charge in [-0.2, -0.15) is 0 Å². The first-order chi connectivity index (χ1) is 9.66. The van der Waals surface area contributed by atoms with E-state index < -0.39 is 0 Å². The molecule has 20 heavy (non-hydrogen) atoms. The predicted octanol–water partition coefficient (Wildman–Crippen LogP) is 2.12. The highest BCUT2D eigenvalue weighted by atomic mass is 16.5. The monoisotopic (exact) mass is 271 g/mol. The Hall–Kier alpha value is -2.30. The Kier molecular flexibility index (Phi) is 3.18. The lowest BCUT2D eigenvalue weighted by atomic mass is 10.0. The molecule has 1 aliphatic heterocycles. The van der Waals surface area contributed by atoms with Crippen LogP contribution in [-0.4, -0.2) is 17.6 Å². The van der Waals surface area contributed by atoms with Crippen molar-refractivity contribution in [3.63, 3.8) is 0 Å². The lowest BCUT2D eigenvalue weighted by Gasteiger charge is -2.11. The smallest absolute Gasteiger partial charge is 0.229 e. The zero-order valence-corrected chi connectivity index (χ0v) is 11.6. The molecule has 1 atom stereocenters. The molecule has 2 N–H and O–H groups in total. The topological polar surface area (TPSA) is 67.2 Å². The van der Waals surface area contributed by atoms with Gasteiger partial charge in [0.1, 0.15) is 5.76 Å². The van der Waals surface area contributed by atoms with Gasteiger partial charge in [-0.05, 0) is 25.5 Å². The molecule has 2 aromatic rings. The number of anilines is 1. The van der Waals surface area contributed by atoms with Crippen molar-refractivity contribution in [1.29, 1.82) is 0 Å². The molecule has 1 aromatic carbocycles. The maximum Gasteiger partial charge on any atom is 0.229 e.